The molecule has 2 saturated heterocycles. The number of piperidine rings is 1. The summed E-state index contributed by atoms with van der Waals surface area (Å²) in [7, 11) is 0. The van der Waals surface area contributed by atoms with E-state index in [4.69, 9.17) is 4.74 Å². The van der Waals surface area contributed by atoms with E-state index in [2.05, 4.69) is 0 Å². The molecule has 0 aromatic heterocycles. The van der Waals surface area contributed by atoms with Gasteiger partial charge in [-0.25, -0.2) is 4.79 Å². The number of hydrogen-bond acceptors (Lipinski definition) is 3. The number of ether oxygens (including phenoxy) is 1. The lowest BCUT2D eigenvalue weighted by Crippen LogP contribution is -2.62. The number of nitrogens with zero attached hydrogens (tertiary/aromatic N) is 2. The molecule has 5 nitrogen and oxygen atoms in total. The molecule has 0 unspecified atom stereocenters. The van der Waals surface area contributed by atoms with Gasteiger partial charge in [0.05, 0.1) is 18.8 Å². The van der Waals surface area contributed by atoms with Crippen LogP contribution in [0.4, 0.5) is 4.79 Å². The predicted molar refractivity (Wildman–Crippen MR) is 95.2 cm³/mol. The Hall–Kier alpha value is -1.59. The average Bonchev–Trinajstić information content (AvgIpc) is 2.69. The average molecular weight is 344 g/mol. The number of carbonyl (C=O) groups is 1. The van der Waals surface area contributed by atoms with E-state index in [-0.39, 0.29) is 18.0 Å². The molecule has 25 heavy (non-hydrogen) atoms. The number of urea groups is 1. The molecule has 0 spiro atoms. The molecular weight excluding hydrogens is 316 g/mol. The Kier molecular flexibility index (Phi) is 4.69. The van der Waals surface area contributed by atoms with E-state index in [0.717, 1.165) is 31.2 Å². The topological polar surface area (TPSA) is 53.0 Å². The fraction of sp³-hybridized carbons (Fsp3) is 0.650. The maximum Gasteiger partial charge on any atom is 0.320 e. The van der Waals surface area contributed by atoms with Gasteiger partial charge in [0, 0.05) is 31.6 Å². The summed E-state index contributed by atoms with van der Waals surface area (Å²) in [6, 6.07) is 10.3. The molecule has 3 atom stereocenters. The number of morpholine rings is 1. The fourth-order valence-corrected chi connectivity index (χ4v) is 4.94. The van der Waals surface area contributed by atoms with Crippen LogP contribution in [0.3, 0.4) is 0 Å². The summed E-state index contributed by atoms with van der Waals surface area (Å²) in [5.41, 5.74) is 0.194. The monoisotopic (exact) mass is 344 g/mol. The Bertz CT molecular complexity index is 602. The molecule has 136 valence electrons. The van der Waals surface area contributed by atoms with Gasteiger partial charge < -0.3 is 19.6 Å². The van der Waals surface area contributed by atoms with Gasteiger partial charge in [-0.3, -0.25) is 0 Å². The van der Waals surface area contributed by atoms with Crippen molar-refractivity contribution in [2.75, 3.05) is 32.8 Å². The Balaban J connectivity index is 1.59. The summed E-state index contributed by atoms with van der Waals surface area (Å²) in [4.78, 5) is 17.0. The zero-order valence-corrected chi connectivity index (χ0v) is 14.8. The van der Waals surface area contributed by atoms with Crippen molar-refractivity contribution in [1.29, 1.82) is 0 Å². The van der Waals surface area contributed by atoms with Crippen molar-refractivity contribution in [1.82, 2.24) is 9.80 Å². The van der Waals surface area contributed by atoms with Gasteiger partial charge in [-0.1, -0.05) is 43.2 Å². The molecule has 2 heterocycles. The smallest absolute Gasteiger partial charge is 0.320 e. The zero-order chi connectivity index (χ0) is 17.3. The van der Waals surface area contributed by atoms with Crippen LogP contribution < -0.4 is 0 Å². The van der Waals surface area contributed by atoms with Gasteiger partial charge >= 0.3 is 6.03 Å². The van der Waals surface area contributed by atoms with Gasteiger partial charge in [-0.2, -0.15) is 0 Å². The summed E-state index contributed by atoms with van der Waals surface area (Å²) >= 11 is 0. The highest BCUT2D eigenvalue weighted by Crippen LogP contribution is 2.47. The molecule has 1 N–H and O–H groups in total. The van der Waals surface area contributed by atoms with Crippen LogP contribution in [0.25, 0.3) is 0 Å². The SMILES string of the molecule is O=C(N1CCOCC1)N1CC[C@](O)(c2ccccc2)[C@@H]2CCCC[C@H]21. The number of benzene rings is 1. The van der Waals surface area contributed by atoms with Crippen LogP contribution in [0.15, 0.2) is 30.3 Å². The van der Waals surface area contributed by atoms with Crippen molar-refractivity contribution in [3.8, 4) is 0 Å². The quantitative estimate of drug-likeness (QED) is 0.852. The first-order valence-corrected chi connectivity index (χ1v) is 9.61. The van der Waals surface area contributed by atoms with E-state index < -0.39 is 5.60 Å². The molecule has 2 amide bonds. The number of hydrogen-bond donors (Lipinski definition) is 1. The lowest BCUT2D eigenvalue weighted by molar-refractivity contribution is -0.112. The van der Waals surface area contributed by atoms with E-state index >= 15 is 0 Å². The molecule has 1 saturated carbocycles. The highest BCUT2D eigenvalue weighted by molar-refractivity contribution is 5.75. The van der Waals surface area contributed by atoms with E-state index in [0.29, 0.717) is 39.3 Å². The summed E-state index contributed by atoms with van der Waals surface area (Å²) in [5.74, 6) is 0.127. The van der Waals surface area contributed by atoms with Crippen LogP contribution >= 0.6 is 0 Å². The van der Waals surface area contributed by atoms with Gasteiger partial charge in [0.1, 0.15) is 0 Å². The van der Waals surface area contributed by atoms with Crippen molar-refractivity contribution in [2.45, 2.75) is 43.7 Å². The van der Waals surface area contributed by atoms with Crippen molar-refractivity contribution < 1.29 is 14.6 Å². The van der Waals surface area contributed by atoms with Gasteiger partial charge in [0.15, 0.2) is 0 Å². The normalized spacial score (nSPS) is 33.0. The first kappa shape index (κ1) is 16.9. The standard InChI is InChI=1S/C20H28N2O3/c23-19(21-12-14-25-15-13-21)22-11-10-20(24,16-6-2-1-3-7-16)17-8-4-5-9-18(17)22/h1-3,6-7,17-18,24H,4-5,8-15H2/t17-,18-,20+/m1/s1. The minimum absolute atomic E-state index is 0.127. The first-order chi connectivity index (χ1) is 12.2. The fourth-order valence-electron chi connectivity index (χ4n) is 4.94. The molecule has 3 aliphatic rings. The molecule has 2 aliphatic heterocycles. The molecule has 5 heteroatoms. The molecule has 1 aromatic carbocycles. The molecular formula is C20H28N2O3. The Morgan fingerprint density at radius 1 is 1.08 bits per heavy atom. The largest absolute Gasteiger partial charge is 0.385 e. The maximum atomic E-state index is 13.1. The van der Waals surface area contributed by atoms with Crippen molar-refractivity contribution in [3.05, 3.63) is 35.9 Å². The first-order valence-electron chi connectivity index (χ1n) is 9.61. The summed E-state index contributed by atoms with van der Waals surface area (Å²) in [6.45, 7) is 3.23. The number of carbonyl (C=O) groups excluding carboxylic acids is 1. The van der Waals surface area contributed by atoms with E-state index in [9.17, 15) is 9.90 Å². The Morgan fingerprint density at radius 3 is 2.56 bits per heavy atom. The van der Waals surface area contributed by atoms with Crippen LogP contribution in [0, 0.1) is 5.92 Å². The van der Waals surface area contributed by atoms with Gasteiger partial charge in [0.25, 0.3) is 0 Å². The third-order valence-corrected chi connectivity index (χ3v) is 6.28. The van der Waals surface area contributed by atoms with Gasteiger partial charge in [-0.05, 0) is 24.8 Å². The van der Waals surface area contributed by atoms with Gasteiger partial charge in [0.2, 0.25) is 0 Å². The van der Waals surface area contributed by atoms with Crippen LogP contribution in [0.2, 0.25) is 0 Å². The second kappa shape index (κ2) is 6.96. The molecule has 1 aromatic rings. The lowest BCUT2D eigenvalue weighted by atomic mass is 9.66. The Morgan fingerprint density at radius 2 is 1.80 bits per heavy atom. The molecule has 1 aliphatic carbocycles. The van der Waals surface area contributed by atoms with Gasteiger partial charge in [-0.15, -0.1) is 0 Å². The molecule has 0 bridgehead atoms. The van der Waals surface area contributed by atoms with Crippen molar-refractivity contribution in [3.63, 3.8) is 0 Å². The lowest BCUT2D eigenvalue weighted by Gasteiger charge is -2.53. The minimum atomic E-state index is -0.811. The third kappa shape index (κ3) is 3.04. The second-order valence-corrected chi connectivity index (χ2v) is 7.57. The van der Waals surface area contributed by atoms with Crippen LogP contribution in [-0.4, -0.2) is 59.8 Å². The van der Waals surface area contributed by atoms with E-state index in [1.54, 1.807) is 0 Å². The van der Waals surface area contributed by atoms with Crippen LogP contribution in [-0.2, 0) is 10.3 Å². The van der Waals surface area contributed by atoms with E-state index in [1.165, 1.54) is 0 Å². The number of fused-ring (bicyclic) bond motifs is 1. The molecule has 0 radical (unpaired) electrons. The molecule has 4 rings (SSSR count). The predicted octanol–water partition coefficient (Wildman–Crippen LogP) is 2.59. The summed E-state index contributed by atoms with van der Waals surface area (Å²) in [5, 5.41) is 11.6. The summed E-state index contributed by atoms with van der Waals surface area (Å²) < 4.78 is 5.38. The molecule has 3 fully saturated rings. The Labute approximate surface area is 149 Å². The highest BCUT2D eigenvalue weighted by Gasteiger charge is 2.50. The number of amides is 2. The second-order valence-electron chi connectivity index (χ2n) is 7.57. The van der Waals surface area contributed by atoms with Crippen LogP contribution in [0.1, 0.15) is 37.7 Å². The third-order valence-electron chi connectivity index (χ3n) is 6.28. The zero-order valence-electron chi connectivity index (χ0n) is 14.8. The van der Waals surface area contributed by atoms with Crippen molar-refractivity contribution in [2.24, 2.45) is 5.92 Å². The maximum absolute atomic E-state index is 13.1. The van der Waals surface area contributed by atoms with Crippen LogP contribution in [0.5, 0.6) is 0 Å². The van der Waals surface area contributed by atoms with Crippen molar-refractivity contribution >= 4 is 6.03 Å². The highest BCUT2D eigenvalue weighted by atomic mass is 16.5. The minimum Gasteiger partial charge on any atom is -0.385 e. The summed E-state index contributed by atoms with van der Waals surface area (Å²) in [6.07, 6.45) is 4.88. The van der Waals surface area contributed by atoms with E-state index in [1.807, 2.05) is 40.1 Å². The number of aliphatic hydroxyl groups is 1. The number of rotatable bonds is 1. The number of likely N-dealkylation sites (tertiary alicyclic amines) is 1.